The van der Waals surface area contributed by atoms with Crippen LogP contribution in [0.5, 0.6) is 0 Å². The lowest BCUT2D eigenvalue weighted by Crippen LogP contribution is -2.46. The fourth-order valence-corrected chi connectivity index (χ4v) is 4.19. The number of amides is 2. The number of piperidine rings is 1. The predicted octanol–water partition coefficient (Wildman–Crippen LogP) is 3.63. The van der Waals surface area contributed by atoms with E-state index in [1.807, 2.05) is 29.2 Å². The Morgan fingerprint density at radius 2 is 1.80 bits per heavy atom. The topological polar surface area (TPSA) is 54.3 Å². The molecule has 4 rings (SSSR count). The summed E-state index contributed by atoms with van der Waals surface area (Å²) < 4.78 is 2.23. The van der Waals surface area contributed by atoms with Crippen molar-refractivity contribution in [1.29, 1.82) is 0 Å². The van der Waals surface area contributed by atoms with Gasteiger partial charge >= 0.3 is 0 Å². The normalized spacial score (nSPS) is 16.7. The molecule has 1 fully saturated rings. The summed E-state index contributed by atoms with van der Waals surface area (Å²) in [5.41, 5.74) is 2.44. The van der Waals surface area contributed by atoms with Gasteiger partial charge in [-0.25, -0.2) is 0 Å². The molecular formula is C25H29N3O2. The van der Waals surface area contributed by atoms with Crippen molar-refractivity contribution < 1.29 is 9.59 Å². The fourth-order valence-electron chi connectivity index (χ4n) is 4.19. The van der Waals surface area contributed by atoms with Crippen LogP contribution in [0, 0.1) is 5.92 Å². The first kappa shape index (κ1) is 20.2. The quantitative estimate of drug-likeness (QED) is 0.584. The summed E-state index contributed by atoms with van der Waals surface area (Å²) in [6, 6.07) is 20.6. The van der Waals surface area contributed by atoms with Crippen molar-refractivity contribution in [2.45, 2.75) is 32.2 Å². The summed E-state index contributed by atoms with van der Waals surface area (Å²) in [5.74, 6) is 0.130. The summed E-state index contributed by atoms with van der Waals surface area (Å²) >= 11 is 0. The van der Waals surface area contributed by atoms with E-state index < -0.39 is 0 Å². The zero-order valence-corrected chi connectivity index (χ0v) is 17.3. The smallest absolute Gasteiger partial charge is 0.224 e. The second-order valence-electron chi connectivity index (χ2n) is 8.02. The standard InChI is InChI=1S/C25H29N3O2/c29-24-12-11-22(19-28(24)17-13-20-7-2-1-3-8-20)25(30)26-15-6-16-27-18-14-21-9-4-5-10-23(21)27/h1-5,7-10,14,18,22H,6,11-13,15-17,19H2,(H,26,30). The Morgan fingerprint density at radius 3 is 2.67 bits per heavy atom. The van der Waals surface area contributed by atoms with Crippen LogP contribution in [-0.4, -0.2) is 40.9 Å². The Kier molecular flexibility index (Phi) is 6.47. The van der Waals surface area contributed by atoms with Gasteiger partial charge in [-0.05, 0) is 42.3 Å². The number of aryl methyl sites for hydroxylation is 1. The molecular weight excluding hydrogens is 374 g/mol. The van der Waals surface area contributed by atoms with Crippen LogP contribution in [0.3, 0.4) is 0 Å². The molecule has 30 heavy (non-hydrogen) atoms. The van der Waals surface area contributed by atoms with Gasteiger partial charge in [0.2, 0.25) is 11.8 Å². The van der Waals surface area contributed by atoms with E-state index >= 15 is 0 Å². The second-order valence-corrected chi connectivity index (χ2v) is 8.02. The molecule has 1 aliphatic rings. The maximum absolute atomic E-state index is 12.6. The summed E-state index contributed by atoms with van der Waals surface area (Å²) in [6.07, 6.45) is 4.92. The molecule has 1 unspecified atom stereocenters. The highest BCUT2D eigenvalue weighted by molar-refractivity contribution is 5.84. The molecule has 1 aromatic heterocycles. The molecule has 156 valence electrons. The number of fused-ring (bicyclic) bond motifs is 1. The Balaban J connectivity index is 1.22. The number of hydrogen-bond acceptors (Lipinski definition) is 2. The maximum atomic E-state index is 12.6. The lowest BCUT2D eigenvalue weighted by molar-refractivity contribution is -0.138. The molecule has 2 aromatic carbocycles. The highest BCUT2D eigenvalue weighted by atomic mass is 16.2. The molecule has 3 aromatic rings. The number of carbonyl (C=O) groups excluding carboxylic acids is 2. The molecule has 0 aliphatic carbocycles. The summed E-state index contributed by atoms with van der Waals surface area (Å²) in [7, 11) is 0. The third-order valence-electron chi connectivity index (χ3n) is 5.94. The monoisotopic (exact) mass is 403 g/mol. The van der Waals surface area contributed by atoms with Crippen LogP contribution in [0.2, 0.25) is 0 Å². The lowest BCUT2D eigenvalue weighted by Gasteiger charge is -2.32. The van der Waals surface area contributed by atoms with Gasteiger partial charge < -0.3 is 14.8 Å². The maximum Gasteiger partial charge on any atom is 0.224 e. The molecule has 2 amide bonds. The fraction of sp³-hybridized carbons (Fsp3) is 0.360. The first-order chi connectivity index (χ1) is 14.7. The number of rotatable bonds is 8. The van der Waals surface area contributed by atoms with Gasteiger partial charge in [-0.3, -0.25) is 9.59 Å². The van der Waals surface area contributed by atoms with Crippen molar-refractivity contribution in [3.05, 3.63) is 72.4 Å². The van der Waals surface area contributed by atoms with Crippen molar-refractivity contribution in [3.63, 3.8) is 0 Å². The van der Waals surface area contributed by atoms with E-state index in [9.17, 15) is 9.59 Å². The molecule has 1 atom stereocenters. The molecule has 0 spiro atoms. The average Bonchev–Trinajstić information content (AvgIpc) is 3.20. The van der Waals surface area contributed by atoms with Crippen LogP contribution in [0.1, 0.15) is 24.8 Å². The molecule has 0 saturated carbocycles. The van der Waals surface area contributed by atoms with Crippen LogP contribution in [0.25, 0.3) is 10.9 Å². The van der Waals surface area contributed by atoms with Gasteiger partial charge in [-0.1, -0.05) is 48.5 Å². The van der Waals surface area contributed by atoms with E-state index in [-0.39, 0.29) is 17.7 Å². The molecule has 5 nitrogen and oxygen atoms in total. The highest BCUT2D eigenvalue weighted by Crippen LogP contribution is 2.19. The third kappa shape index (κ3) is 4.90. The van der Waals surface area contributed by atoms with Gasteiger partial charge in [0.15, 0.2) is 0 Å². The van der Waals surface area contributed by atoms with Crippen LogP contribution >= 0.6 is 0 Å². The van der Waals surface area contributed by atoms with Crippen LogP contribution < -0.4 is 5.32 Å². The van der Waals surface area contributed by atoms with E-state index in [2.05, 4.69) is 52.5 Å². The average molecular weight is 404 g/mol. The minimum Gasteiger partial charge on any atom is -0.356 e. The van der Waals surface area contributed by atoms with E-state index in [1.54, 1.807) is 0 Å². The first-order valence-electron chi connectivity index (χ1n) is 10.8. The van der Waals surface area contributed by atoms with Gasteiger partial charge in [0.05, 0.1) is 5.92 Å². The van der Waals surface area contributed by atoms with Crippen molar-refractivity contribution in [2.24, 2.45) is 5.92 Å². The summed E-state index contributed by atoms with van der Waals surface area (Å²) in [4.78, 5) is 26.8. The summed E-state index contributed by atoms with van der Waals surface area (Å²) in [6.45, 7) is 2.73. The van der Waals surface area contributed by atoms with Gasteiger partial charge in [0.25, 0.3) is 0 Å². The number of benzene rings is 2. The van der Waals surface area contributed by atoms with E-state index in [0.29, 0.717) is 32.5 Å². The molecule has 0 radical (unpaired) electrons. The minimum atomic E-state index is -0.106. The van der Waals surface area contributed by atoms with Crippen molar-refractivity contribution in [3.8, 4) is 0 Å². The Morgan fingerprint density at radius 1 is 1.00 bits per heavy atom. The first-order valence-corrected chi connectivity index (χ1v) is 10.8. The third-order valence-corrected chi connectivity index (χ3v) is 5.94. The summed E-state index contributed by atoms with van der Waals surface area (Å²) in [5, 5.41) is 4.32. The SMILES string of the molecule is O=C(NCCCn1ccc2ccccc21)C1CCC(=O)N(CCc2ccccc2)C1. The van der Waals surface area contributed by atoms with E-state index in [0.717, 1.165) is 19.4 Å². The number of nitrogens with zero attached hydrogens (tertiary/aromatic N) is 2. The molecule has 1 aliphatic heterocycles. The number of nitrogens with one attached hydrogen (secondary N) is 1. The van der Waals surface area contributed by atoms with Gasteiger partial charge in [0.1, 0.15) is 0 Å². The minimum absolute atomic E-state index is 0.0737. The van der Waals surface area contributed by atoms with Gasteiger partial charge in [0, 0.05) is 44.3 Å². The molecule has 2 heterocycles. The van der Waals surface area contributed by atoms with Crippen molar-refractivity contribution in [2.75, 3.05) is 19.6 Å². The second kappa shape index (κ2) is 9.61. The van der Waals surface area contributed by atoms with E-state index in [1.165, 1.54) is 16.5 Å². The number of carbonyl (C=O) groups is 2. The number of para-hydroxylation sites is 1. The number of likely N-dealkylation sites (tertiary alicyclic amines) is 1. The van der Waals surface area contributed by atoms with Gasteiger partial charge in [-0.15, -0.1) is 0 Å². The van der Waals surface area contributed by atoms with Crippen LogP contribution in [0.15, 0.2) is 66.9 Å². The van der Waals surface area contributed by atoms with E-state index in [4.69, 9.17) is 0 Å². The number of hydrogen-bond donors (Lipinski definition) is 1. The number of aromatic nitrogens is 1. The zero-order chi connectivity index (χ0) is 20.8. The van der Waals surface area contributed by atoms with Gasteiger partial charge in [-0.2, -0.15) is 0 Å². The van der Waals surface area contributed by atoms with Crippen molar-refractivity contribution in [1.82, 2.24) is 14.8 Å². The molecule has 5 heteroatoms. The Hall–Kier alpha value is -3.08. The molecule has 1 N–H and O–H groups in total. The molecule has 0 bridgehead atoms. The zero-order valence-electron chi connectivity index (χ0n) is 17.3. The lowest BCUT2D eigenvalue weighted by atomic mass is 9.96. The highest BCUT2D eigenvalue weighted by Gasteiger charge is 2.29. The van der Waals surface area contributed by atoms with Crippen LogP contribution in [-0.2, 0) is 22.6 Å². The largest absolute Gasteiger partial charge is 0.356 e. The predicted molar refractivity (Wildman–Crippen MR) is 119 cm³/mol. The Labute approximate surface area is 177 Å². The van der Waals surface area contributed by atoms with Crippen molar-refractivity contribution >= 4 is 22.7 Å². The molecule has 1 saturated heterocycles. The Bertz CT molecular complexity index is 996. The van der Waals surface area contributed by atoms with Crippen LogP contribution in [0.4, 0.5) is 0 Å².